The van der Waals surface area contributed by atoms with Crippen molar-refractivity contribution in [2.24, 2.45) is 0 Å². The Labute approximate surface area is 170 Å². The van der Waals surface area contributed by atoms with Gasteiger partial charge in [0.25, 0.3) is 0 Å². The van der Waals surface area contributed by atoms with Gasteiger partial charge in [-0.3, -0.25) is 0 Å². The van der Waals surface area contributed by atoms with Gasteiger partial charge in [-0.15, -0.1) is 0 Å². The molecule has 0 aliphatic heterocycles. The SMILES string of the molecule is COc1cc(OC)cc(-c2c(C)ccc3c2C=C(c2occ4ccccc24)C3)c1. The van der Waals surface area contributed by atoms with Crippen LogP contribution in [-0.4, -0.2) is 14.2 Å². The van der Waals surface area contributed by atoms with Crippen LogP contribution in [0.15, 0.2) is 65.3 Å². The highest BCUT2D eigenvalue weighted by Gasteiger charge is 2.23. The average molecular weight is 382 g/mol. The van der Waals surface area contributed by atoms with Crippen LogP contribution in [-0.2, 0) is 6.42 Å². The van der Waals surface area contributed by atoms with Gasteiger partial charge in [0, 0.05) is 28.8 Å². The molecule has 1 aliphatic rings. The number of hydrogen-bond donors (Lipinski definition) is 0. The van der Waals surface area contributed by atoms with Crippen LogP contribution < -0.4 is 9.47 Å². The predicted molar refractivity (Wildman–Crippen MR) is 118 cm³/mol. The highest BCUT2D eigenvalue weighted by Crippen LogP contribution is 2.42. The summed E-state index contributed by atoms with van der Waals surface area (Å²) < 4.78 is 17.0. The van der Waals surface area contributed by atoms with Crippen LogP contribution >= 0.6 is 0 Å². The molecule has 0 saturated heterocycles. The van der Waals surface area contributed by atoms with E-state index in [1.807, 2.05) is 18.4 Å². The molecular weight excluding hydrogens is 360 g/mol. The van der Waals surface area contributed by atoms with Crippen molar-refractivity contribution in [3.05, 3.63) is 83.3 Å². The van der Waals surface area contributed by atoms with E-state index in [1.54, 1.807) is 14.2 Å². The molecule has 3 aromatic carbocycles. The average Bonchev–Trinajstić information content (AvgIpc) is 3.37. The van der Waals surface area contributed by atoms with E-state index < -0.39 is 0 Å². The van der Waals surface area contributed by atoms with E-state index in [0.717, 1.165) is 40.0 Å². The van der Waals surface area contributed by atoms with Crippen molar-refractivity contribution in [2.45, 2.75) is 13.3 Å². The first kappa shape index (κ1) is 17.6. The maximum Gasteiger partial charge on any atom is 0.138 e. The number of furan rings is 1. The smallest absolute Gasteiger partial charge is 0.138 e. The van der Waals surface area contributed by atoms with Crippen molar-refractivity contribution in [1.82, 2.24) is 0 Å². The van der Waals surface area contributed by atoms with E-state index in [1.165, 1.54) is 27.8 Å². The quantitative estimate of drug-likeness (QED) is 0.402. The lowest BCUT2D eigenvalue weighted by atomic mass is 9.92. The Morgan fingerprint density at radius 2 is 1.66 bits per heavy atom. The molecule has 0 spiro atoms. The number of methoxy groups -OCH3 is 2. The molecule has 1 heterocycles. The standard InChI is InChI=1S/C26H22O3/c1-16-8-9-17-10-20(26-23-7-5-4-6-18(23)15-29-26)13-24(17)25(16)19-11-21(27-2)14-22(12-19)28-3/h4-9,11-15H,10H2,1-3H3. The first-order valence-electron chi connectivity index (χ1n) is 9.71. The van der Waals surface area contributed by atoms with Gasteiger partial charge in [0.1, 0.15) is 17.3 Å². The molecule has 29 heavy (non-hydrogen) atoms. The van der Waals surface area contributed by atoms with Crippen molar-refractivity contribution >= 4 is 22.4 Å². The van der Waals surface area contributed by atoms with Gasteiger partial charge in [0.05, 0.1) is 20.5 Å². The topological polar surface area (TPSA) is 31.6 Å². The molecule has 1 aromatic heterocycles. The fourth-order valence-electron chi connectivity index (χ4n) is 4.24. The van der Waals surface area contributed by atoms with E-state index >= 15 is 0 Å². The van der Waals surface area contributed by atoms with Crippen LogP contribution in [0, 0.1) is 6.92 Å². The van der Waals surface area contributed by atoms with Crippen molar-refractivity contribution in [1.29, 1.82) is 0 Å². The van der Waals surface area contributed by atoms with Crippen LogP contribution in [0.5, 0.6) is 11.5 Å². The summed E-state index contributed by atoms with van der Waals surface area (Å²) >= 11 is 0. The molecule has 0 fully saturated rings. The molecule has 5 rings (SSSR count). The Morgan fingerprint density at radius 1 is 0.897 bits per heavy atom. The van der Waals surface area contributed by atoms with E-state index in [9.17, 15) is 0 Å². The molecule has 3 heteroatoms. The van der Waals surface area contributed by atoms with E-state index in [-0.39, 0.29) is 0 Å². The van der Waals surface area contributed by atoms with Gasteiger partial charge in [-0.2, -0.15) is 0 Å². The second kappa shape index (κ2) is 6.85. The Balaban J connectivity index is 1.68. The van der Waals surface area contributed by atoms with Crippen LogP contribution in [0.3, 0.4) is 0 Å². The number of fused-ring (bicyclic) bond motifs is 2. The van der Waals surface area contributed by atoms with Crippen molar-refractivity contribution in [2.75, 3.05) is 14.2 Å². The van der Waals surface area contributed by atoms with Gasteiger partial charge in [0.15, 0.2) is 0 Å². The summed E-state index contributed by atoms with van der Waals surface area (Å²) in [5, 5.41) is 2.29. The molecule has 4 aromatic rings. The minimum Gasteiger partial charge on any atom is -0.497 e. The second-order valence-corrected chi connectivity index (χ2v) is 7.43. The Hall–Kier alpha value is -3.46. The molecule has 0 bridgehead atoms. The molecule has 0 saturated carbocycles. The van der Waals surface area contributed by atoms with Crippen molar-refractivity contribution < 1.29 is 13.9 Å². The Morgan fingerprint density at radius 3 is 2.41 bits per heavy atom. The zero-order chi connectivity index (χ0) is 20.0. The van der Waals surface area contributed by atoms with Crippen molar-refractivity contribution in [3.63, 3.8) is 0 Å². The number of ether oxygens (including phenoxy) is 2. The number of rotatable bonds is 4. The van der Waals surface area contributed by atoms with Gasteiger partial charge in [-0.25, -0.2) is 0 Å². The lowest BCUT2D eigenvalue weighted by molar-refractivity contribution is 0.394. The summed E-state index contributed by atoms with van der Waals surface area (Å²) in [5.74, 6) is 2.54. The summed E-state index contributed by atoms with van der Waals surface area (Å²) in [6.07, 6.45) is 4.98. The molecule has 1 aliphatic carbocycles. The van der Waals surface area contributed by atoms with E-state index in [2.05, 4.69) is 55.5 Å². The summed E-state index contributed by atoms with van der Waals surface area (Å²) in [5.41, 5.74) is 7.30. The summed E-state index contributed by atoms with van der Waals surface area (Å²) in [4.78, 5) is 0. The fraction of sp³-hybridized carbons (Fsp3) is 0.154. The number of aryl methyl sites for hydroxylation is 1. The van der Waals surface area contributed by atoms with Gasteiger partial charge >= 0.3 is 0 Å². The molecule has 0 radical (unpaired) electrons. The third-order valence-corrected chi connectivity index (χ3v) is 5.68. The molecule has 144 valence electrons. The monoisotopic (exact) mass is 382 g/mol. The largest absolute Gasteiger partial charge is 0.497 e. The minimum atomic E-state index is 0.788. The Bertz CT molecular complexity index is 1240. The predicted octanol–water partition coefficient (Wildman–Crippen LogP) is 6.52. The molecule has 3 nitrogen and oxygen atoms in total. The molecule has 0 N–H and O–H groups in total. The third-order valence-electron chi connectivity index (χ3n) is 5.68. The second-order valence-electron chi connectivity index (χ2n) is 7.43. The summed E-state index contributed by atoms with van der Waals surface area (Å²) in [6, 6.07) is 18.8. The van der Waals surface area contributed by atoms with Crippen molar-refractivity contribution in [3.8, 4) is 22.6 Å². The Kier molecular flexibility index (Phi) is 4.17. The van der Waals surface area contributed by atoms with Crippen LogP contribution in [0.1, 0.15) is 22.5 Å². The lowest BCUT2D eigenvalue weighted by Gasteiger charge is -2.14. The van der Waals surface area contributed by atoms with Crippen LogP contribution in [0.2, 0.25) is 0 Å². The minimum absolute atomic E-state index is 0.788. The zero-order valence-corrected chi connectivity index (χ0v) is 16.8. The van der Waals surface area contributed by atoms with Crippen LogP contribution in [0.4, 0.5) is 0 Å². The molecule has 0 amide bonds. The summed E-state index contributed by atoms with van der Waals surface area (Å²) in [7, 11) is 3.36. The van der Waals surface area contributed by atoms with Gasteiger partial charge < -0.3 is 13.9 Å². The normalized spacial score (nSPS) is 12.7. The van der Waals surface area contributed by atoms with Gasteiger partial charge in [-0.05, 0) is 52.9 Å². The lowest BCUT2D eigenvalue weighted by Crippen LogP contribution is -1.94. The maximum absolute atomic E-state index is 5.97. The highest BCUT2D eigenvalue weighted by molar-refractivity contribution is 6.01. The summed E-state index contributed by atoms with van der Waals surface area (Å²) in [6.45, 7) is 2.15. The zero-order valence-electron chi connectivity index (χ0n) is 16.8. The highest BCUT2D eigenvalue weighted by atomic mass is 16.5. The number of allylic oxidation sites excluding steroid dienone is 1. The van der Waals surface area contributed by atoms with E-state index in [4.69, 9.17) is 13.9 Å². The van der Waals surface area contributed by atoms with Crippen LogP contribution in [0.25, 0.3) is 33.5 Å². The number of hydrogen-bond acceptors (Lipinski definition) is 3. The fourth-order valence-corrected chi connectivity index (χ4v) is 4.24. The number of benzene rings is 3. The van der Waals surface area contributed by atoms with Gasteiger partial charge in [-0.1, -0.05) is 36.4 Å². The molecule has 0 atom stereocenters. The third kappa shape index (κ3) is 2.90. The molecule has 0 unspecified atom stereocenters. The molecular formula is C26H22O3. The first-order valence-corrected chi connectivity index (χ1v) is 9.71. The first-order chi connectivity index (χ1) is 14.2. The maximum atomic E-state index is 5.97. The van der Waals surface area contributed by atoms with E-state index in [0.29, 0.717) is 0 Å². The van der Waals surface area contributed by atoms with Gasteiger partial charge in [0.2, 0.25) is 0 Å².